The number of pyridine rings is 1. The number of hydrogen-bond acceptors (Lipinski definition) is 4. The number of ether oxygens (including phenoxy) is 1. The first-order chi connectivity index (χ1) is 15.2. The number of aromatic nitrogens is 3. The zero-order valence-corrected chi connectivity index (χ0v) is 17.4. The summed E-state index contributed by atoms with van der Waals surface area (Å²) in [5, 5.41) is 6.04. The molecule has 2 fully saturated rings. The number of aryl methyl sites for hydroxylation is 1. The maximum atomic E-state index is 12.6. The van der Waals surface area contributed by atoms with Crippen LogP contribution in [0.4, 0.5) is 5.82 Å². The van der Waals surface area contributed by atoms with Crippen molar-refractivity contribution in [3.63, 3.8) is 0 Å². The molecule has 4 aromatic rings. The number of hydrogen-bond donors (Lipinski definition) is 2. The van der Waals surface area contributed by atoms with Gasteiger partial charge >= 0.3 is 0 Å². The van der Waals surface area contributed by atoms with Crippen LogP contribution in [0.2, 0.25) is 0 Å². The molecule has 6 rings (SSSR count). The van der Waals surface area contributed by atoms with Crippen molar-refractivity contribution >= 4 is 27.6 Å². The Hall–Kier alpha value is -3.12. The van der Waals surface area contributed by atoms with E-state index in [1.165, 1.54) is 24.8 Å². The number of para-hydroxylation sites is 1. The highest BCUT2D eigenvalue weighted by atomic mass is 16.5. The molecule has 6 heteroatoms. The number of nitrogens with zero attached hydrogens (tertiary/aromatic N) is 2. The Labute approximate surface area is 180 Å². The summed E-state index contributed by atoms with van der Waals surface area (Å²) in [6, 6.07) is 16.1. The summed E-state index contributed by atoms with van der Waals surface area (Å²) < 4.78 is 7.26. The van der Waals surface area contributed by atoms with E-state index in [4.69, 9.17) is 15.6 Å². The molecule has 6 nitrogen and oxygen atoms in total. The third kappa shape index (κ3) is 3.13. The third-order valence-electron chi connectivity index (χ3n) is 7.23. The number of nitrogen functional groups attached to an aromatic ring is 1. The van der Waals surface area contributed by atoms with Gasteiger partial charge < -0.3 is 15.5 Å². The van der Waals surface area contributed by atoms with Gasteiger partial charge in [-0.25, -0.2) is 4.68 Å². The molecule has 0 radical (unpaired) electrons. The van der Waals surface area contributed by atoms with Gasteiger partial charge in [0.25, 0.3) is 5.56 Å². The zero-order chi connectivity index (χ0) is 20.9. The second kappa shape index (κ2) is 7.24. The lowest BCUT2D eigenvalue weighted by molar-refractivity contribution is 0.132. The fourth-order valence-electron chi connectivity index (χ4n) is 5.51. The van der Waals surface area contributed by atoms with Gasteiger partial charge in [0.2, 0.25) is 0 Å². The molecule has 3 heterocycles. The minimum atomic E-state index is -0.207. The van der Waals surface area contributed by atoms with Gasteiger partial charge in [-0.2, -0.15) is 5.10 Å². The van der Waals surface area contributed by atoms with E-state index in [9.17, 15) is 4.79 Å². The lowest BCUT2D eigenvalue weighted by Gasteiger charge is -2.07. The van der Waals surface area contributed by atoms with E-state index in [1.807, 2.05) is 36.4 Å². The van der Waals surface area contributed by atoms with Crippen LogP contribution in [-0.4, -0.2) is 28.0 Å². The standard InChI is InChI=1S/C25H26N4O2/c26-24-22-23(20-3-1-2-4-21(20)27-25(22)30)28-29(24)16-8-5-15(6-9-16)7-10-17-18-11-13-31-14-12-19(17)18/h1-6,8-9,17-19H,7,10-14,26H2,(H,27,30). The number of anilines is 1. The van der Waals surface area contributed by atoms with Crippen LogP contribution in [0, 0.1) is 17.8 Å². The van der Waals surface area contributed by atoms with Crippen LogP contribution in [-0.2, 0) is 11.2 Å². The summed E-state index contributed by atoms with van der Waals surface area (Å²) >= 11 is 0. The average Bonchev–Trinajstić information content (AvgIpc) is 3.40. The molecule has 2 atom stereocenters. The molecule has 31 heavy (non-hydrogen) atoms. The first-order valence-corrected chi connectivity index (χ1v) is 11.2. The van der Waals surface area contributed by atoms with Crippen molar-refractivity contribution in [1.29, 1.82) is 0 Å². The molecule has 2 aliphatic rings. The average molecular weight is 415 g/mol. The van der Waals surface area contributed by atoms with Gasteiger partial charge in [0, 0.05) is 18.6 Å². The molecule has 1 aliphatic carbocycles. The van der Waals surface area contributed by atoms with Crippen molar-refractivity contribution in [2.75, 3.05) is 18.9 Å². The number of H-pyrrole nitrogens is 1. The van der Waals surface area contributed by atoms with Crippen LogP contribution in [0.5, 0.6) is 0 Å². The summed E-state index contributed by atoms with van der Waals surface area (Å²) in [7, 11) is 0. The van der Waals surface area contributed by atoms with Gasteiger partial charge in [0.05, 0.1) is 11.2 Å². The molecule has 0 amide bonds. The highest BCUT2D eigenvalue weighted by molar-refractivity contribution is 6.06. The second-order valence-electron chi connectivity index (χ2n) is 8.91. The number of fused-ring (bicyclic) bond motifs is 4. The van der Waals surface area contributed by atoms with Crippen LogP contribution in [0.25, 0.3) is 27.5 Å². The van der Waals surface area contributed by atoms with Gasteiger partial charge in [-0.15, -0.1) is 0 Å². The molecule has 0 spiro atoms. The fraction of sp³-hybridized carbons (Fsp3) is 0.360. The molecule has 2 aromatic heterocycles. The molecule has 1 saturated heterocycles. The molecule has 2 unspecified atom stereocenters. The van der Waals surface area contributed by atoms with E-state index in [0.29, 0.717) is 16.7 Å². The van der Waals surface area contributed by atoms with Crippen molar-refractivity contribution in [1.82, 2.24) is 14.8 Å². The number of rotatable bonds is 4. The van der Waals surface area contributed by atoms with E-state index in [0.717, 1.165) is 54.0 Å². The smallest absolute Gasteiger partial charge is 0.261 e. The molecular formula is C25H26N4O2. The van der Waals surface area contributed by atoms with Gasteiger partial charge in [0.15, 0.2) is 0 Å². The van der Waals surface area contributed by atoms with Crippen molar-refractivity contribution in [3.8, 4) is 5.69 Å². The van der Waals surface area contributed by atoms with Crippen molar-refractivity contribution in [2.24, 2.45) is 17.8 Å². The minimum absolute atomic E-state index is 0.207. The normalized spacial score (nSPS) is 23.0. The van der Waals surface area contributed by atoms with Gasteiger partial charge in [-0.05, 0) is 67.2 Å². The molecule has 158 valence electrons. The Kier molecular flexibility index (Phi) is 4.35. The number of nitrogens with two attached hydrogens (primary N) is 1. The fourth-order valence-corrected chi connectivity index (χ4v) is 5.51. The van der Waals surface area contributed by atoms with Crippen LogP contribution in [0.1, 0.15) is 24.8 Å². The Morgan fingerprint density at radius 3 is 2.58 bits per heavy atom. The second-order valence-corrected chi connectivity index (χ2v) is 8.91. The summed E-state index contributed by atoms with van der Waals surface area (Å²) in [5.41, 5.74) is 9.76. The Morgan fingerprint density at radius 2 is 1.81 bits per heavy atom. The zero-order valence-electron chi connectivity index (χ0n) is 17.4. The quantitative estimate of drug-likeness (QED) is 0.527. The predicted molar refractivity (Wildman–Crippen MR) is 122 cm³/mol. The first-order valence-electron chi connectivity index (χ1n) is 11.2. The maximum absolute atomic E-state index is 12.6. The number of nitrogens with one attached hydrogen (secondary N) is 1. The molecular weight excluding hydrogens is 388 g/mol. The van der Waals surface area contributed by atoms with E-state index >= 15 is 0 Å². The van der Waals surface area contributed by atoms with E-state index < -0.39 is 0 Å². The molecule has 1 saturated carbocycles. The largest absolute Gasteiger partial charge is 0.383 e. The van der Waals surface area contributed by atoms with Crippen LogP contribution >= 0.6 is 0 Å². The van der Waals surface area contributed by atoms with Gasteiger partial charge in [0.1, 0.15) is 16.7 Å². The number of benzene rings is 2. The SMILES string of the molecule is Nc1c2c(=O)[nH]c3ccccc3c2nn1-c1ccc(CCC2C3CCOCCC32)cc1. The summed E-state index contributed by atoms with van der Waals surface area (Å²) in [6.45, 7) is 1.87. The highest BCUT2D eigenvalue weighted by Crippen LogP contribution is 2.54. The molecule has 3 N–H and O–H groups in total. The van der Waals surface area contributed by atoms with Gasteiger partial charge in [-0.1, -0.05) is 30.3 Å². The molecule has 1 aliphatic heterocycles. The molecule has 2 aromatic carbocycles. The Morgan fingerprint density at radius 1 is 1.06 bits per heavy atom. The predicted octanol–water partition coefficient (Wildman–Crippen LogP) is 4.05. The lowest BCUT2D eigenvalue weighted by atomic mass is 10.0. The van der Waals surface area contributed by atoms with Crippen LogP contribution in [0.15, 0.2) is 53.3 Å². The molecule has 0 bridgehead atoms. The lowest BCUT2D eigenvalue weighted by Crippen LogP contribution is -2.08. The van der Waals surface area contributed by atoms with Crippen LogP contribution in [0.3, 0.4) is 0 Å². The Bertz CT molecular complexity index is 1310. The number of aromatic amines is 1. The highest BCUT2D eigenvalue weighted by Gasteiger charge is 2.48. The summed E-state index contributed by atoms with van der Waals surface area (Å²) in [4.78, 5) is 15.5. The topological polar surface area (TPSA) is 85.9 Å². The van der Waals surface area contributed by atoms with Crippen molar-refractivity contribution < 1.29 is 4.74 Å². The van der Waals surface area contributed by atoms with Crippen molar-refractivity contribution in [3.05, 3.63) is 64.4 Å². The van der Waals surface area contributed by atoms with E-state index in [2.05, 4.69) is 17.1 Å². The first kappa shape index (κ1) is 18.6. The minimum Gasteiger partial charge on any atom is -0.383 e. The summed E-state index contributed by atoms with van der Waals surface area (Å²) in [6.07, 6.45) is 4.81. The van der Waals surface area contributed by atoms with Crippen LogP contribution < -0.4 is 11.3 Å². The van der Waals surface area contributed by atoms with Crippen molar-refractivity contribution in [2.45, 2.75) is 25.7 Å². The monoisotopic (exact) mass is 414 g/mol. The maximum Gasteiger partial charge on any atom is 0.261 e. The van der Waals surface area contributed by atoms with E-state index in [1.54, 1.807) is 4.68 Å². The Balaban J connectivity index is 1.26. The third-order valence-corrected chi connectivity index (χ3v) is 7.23. The summed E-state index contributed by atoms with van der Waals surface area (Å²) in [5.74, 6) is 3.00. The van der Waals surface area contributed by atoms with E-state index in [-0.39, 0.29) is 5.56 Å². The van der Waals surface area contributed by atoms with Gasteiger partial charge in [-0.3, -0.25) is 4.79 Å².